The lowest BCUT2D eigenvalue weighted by Crippen LogP contribution is -2.34. The van der Waals surface area contributed by atoms with Crippen LogP contribution in [-0.2, 0) is 4.74 Å². The predicted molar refractivity (Wildman–Crippen MR) is 103 cm³/mol. The molecule has 27 heavy (non-hydrogen) atoms. The standard InChI is InChI=1S/C18H29N7O2/c1-23(12-14-6-9-24(13-14)10-11-26-2)17-18(25-7-4-3-5-8-25)20-16-15(19-17)21-27-22-16/h14H,3-13H2,1-2H3/t14-/m0/s1. The SMILES string of the molecule is COCCN1CC[C@@H](CN(C)c2nc3nonc3nc2N2CCCCC2)C1. The summed E-state index contributed by atoms with van der Waals surface area (Å²) in [6, 6.07) is 0. The maximum Gasteiger partial charge on any atom is 0.245 e. The maximum absolute atomic E-state index is 5.21. The highest BCUT2D eigenvalue weighted by Crippen LogP contribution is 2.30. The molecule has 2 fully saturated rings. The summed E-state index contributed by atoms with van der Waals surface area (Å²) in [6.45, 7) is 7.03. The van der Waals surface area contributed by atoms with Crippen molar-refractivity contribution < 1.29 is 9.37 Å². The van der Waals surface area contributed by atoms with Crippen molar-refractivity contribution in [1.29, 1.82) is 0 Å². The van der Waals surface area contributed by atoms with Crippen molar-refractivity contribution in [3.05, 3.63) is 0 Å². The third-order valence-electron chi connectivity index (χ3n) is 5.61. The van der Waals surface area contributed by atoms with Crippen molar-refractivity contribution in [2.24, 2.45) is 5.92 Å². The first-order chi connectivity index (χ1) is 13.2. The molecule has 0 N–H and O–H groups in total. The molecule has 1 atom stereocenters. The molecule has 4 rings (SSSR count). The van der Waals surface area contributed by atoms with E-state index in [2.05, 4.69) is 32.1 Å². The van der Waals surface area contributed by atoms with Crippen LogP contribution in [0.4, 0.5) is 11.6 Å². The van der Waals surface area contributed by atoms with Crippen LogP contribution in [0.15, 0.2) is 4.63 Å². The van der Waals surface area contributed by atoms with Crippen LogP contribution in [-0.4, -0.2) is 85.2 Å². The molecule has 2 aliphatic heterocycles. The lowest BCUT2D eigenvalue weighted by molar-refractivity contribution is 0.159. The van der Waals surface area contributed by atoms with Gasteiger partial charge in [0.25, 0.3) is 0 Å². The van der Waals surface area contributed by atoms with Crippen molar-refractivity contribution in [3.63, 3.8) is 0 Å². The van der Waals surface area contributed by atoms with Gasteiger partial charge in [0.15, 0.2) is 11.6 Å². The Morgan fingerprint density at radius 1 is 1.11 bits per heavy atom. The van der Waals surface area contributed by atoms with Crippen molar-refractivity contribution >= 4 is 22.9 Å². The zero-order valence-corrected chi connectivity index (χ0v) is 16.3. The van der Waals surface area contributed by atoms with Gasteiger partial charge in [-0.05, 0) is 48.5 Å². The van der Waals surface area contributed by atoms with E-state index >= 15 is 0 Å². The topological polar surface area (TPSA) is 83.7 Å². The zero-order chi connectivity index (χ0) is 18.6. The van der Waals surface area contributed by atoms with E-state index in [1.54, 1.807) is 7.11 Å². The van der Waals surface area contributed by atoms with Gasteiger partial charge in [-0.3, -0.25) is 0 Å². The Labute approximate surface area is 159 Å². The molecule has 2 aromatic heterocycles. The normalized spacial score (nSPS) is 21.3. The highest BCUT2D eigenvalue weighted by atomic mass is 16.6. The molecule has 0 saturated carbocycles. The number of methoxy groups -OCH3 is 1. The number of rotatable bonds is 7. The van der Waals surface area contributed by atoms with Crippen LogP contribution < -0.4 is 9.80 Å². The van der Waals surface area contributed by atoms with E-state index in [4.69, 9.17) is 19.3 Å². The molecule has 148 valence electrons. The average Bonchev–Trinajstić information content (AvgIpc) is 3.34. The number of hydrogen-bond acceptors (Lipinski definition) is 9. The number of ether oxygens (including phenoxy) is 1. The molecule has 0 unspecified atom stereocenters. The minimum atomic E-state index is 0.478. The van der Waals surface area contributed by atoms with E-state index in [9.17, 15) is 0 Å². The number of hydrogen-bond donors (Lipinski definition) is 0. The van der Waals surface area contributed by atoms with Gasteiger partial charge in [-0.25, -0.2) is 14.6 Å². The minimum Gasteiger partial charge on any atom is -0.383 e. The number of fused-ring (bicyclic) bond motifs is 1. The summed E-state index contributed by atoms with van der Waals surface area (Å²) in [7, 11) is 3.87. The van der Waals surface area contributed by atoms with Crippen molar-refractivity contribution in [2.75, 3.05) is 69.8 Å². The molecule has 9 nitrogen and oxygen atoms in total. The Kier molecular flexibility index (Phi) is 5.68. The lowest BCUT2D eigenvalue weighted by atomic mass is 10.1. The van der Waals surface area contributed by atoms with E-state index in [0.29, 0.717) is 17.2 Å². The van der Waals surface area contributed by atoms with Crippen LogP contribution in [0.2, 0.25) is 0 Å². The van der Waals surface area contributed by atoms with Gasteiger partial charge >= 0.3 is 0 Å². The largest absolute Gasteiger partial charge is 0.383 e. The molecule has 2 aliphatic rings. The van der Waals surface area contributed by atoms with Crippen molar-refractivity contribution in [1.82, 2.24) is 25.2 Å². The monoisotopic (exact) mass is 375 g/mol. The number of piperidine rings is 1. The van der Waals surface area contributed by atoms with Crippen LogP contribution in [0, 0.1) is 5.92 Å². The Morgan fingerprint density at radius 3 is 2.67 bits per heavy atom. The van der Waals surface area contributed by atoms with E-state index in [-0.39, 0.29) is 0 Å². The van der Waals surface area contributed by atoms with Gasteiger partial charge in [-0.15, -0.1) is 0 Å². The molecule has 0 aliphatic carbocycles. The highest BCUT2D eigenvalue weighted by Gasteiger charge is 2.27. The molecule has 0 radical (unpaired) electrons. The van der Waals surface area contributed by atoms with E-state index in [0.717, 1.165) is 57.5 Å². The number of nitrogens with zero attached hydrogens (tertiary/aromatic N) is 7. The fraction of sp³-hybridized carbons (Fsp3) is 0.778. The molecule has 0 amide bonds. The van der Waals surface area contributed by atoms with E-state index in [1.165, 1.54) is 25.7 Å². The quantitative estimate of drug-likeness (QED) is 0.713. The van der Waals surface area contributed by atoms with Crippen LogP contribution in [0.5, 0.6) is 0 Å². The van der Waals surface area contributed by atoms with Crippen LogP contribution in [0.1, 0.15) is 25.7 Å². The number of aromatic nitrogens is 4. The van der Waals surface area contributed by atoms with Crippen LogP contribution >= 0.6 is 0 Å². The van der Waals surface area contributed by atoms with Gasteiger partial charge in [-0.1, -0.05) is 0 Å². The summed E-state index contributed by atoms with van der Waals surface area (Å²) in [5.74, 6) is 2.42. The fourth-order valence-electron chi connectivity index (χ4n) is 4.15. The third-order valence-corrected chi connectivity index (χ3v) is 5.61. The molecule has 2 saturated heterocycles. The number of anilines is 2. The molecule has 0 bridgehead atoms. The van der Waals surface area contributed by atoms with Crippen LogP contribution in [0.3, 0.4) is 0 Å². The summed E-state index contributed by atoms with van der Waals surface area (Å²) in [4.78, 5) is 16.5. The smallest absolute Gasteiger partial charge is 0.245 e. The first-order valence-corrected chi connectivity index (χ1v) is 9.92. The average molecular weight is 375 g/mol. The first kappa shape index (κ1) is 18.4. The second kappa shape index (κ2) is 8.35. The highest BCUT2D eigenvalue weighted by molar-refractivity contribution is 5.74. The molecule has 2 aromatic rings. The molecule has 0 spiro atoms. The third kappa shape index (κ3) is 4.14. The van der Waals surface area contributed by atoms with Gasteiger partial charge in [0.1, 0.15) is 0 Å². The van der Waals surface area contributed by atoms with Gasteiger partial charge in [0.05, 0.1) is 6.61 Å². The van der Waals surface area contributed by atoms with Crippen molar-refractivity contribution in [3.8, 4) is 0 Å². The van der Waals surface area contributed by atoms with Gasteiger partial charge in [0.2, 0.25) is 11.3 Å². The Morgan fingerprint density at radius 2 is 1.89 bits per heavy atom. The van der Waals surface area contributed by atoms with E-state index in [1.807, 2.05) is 0 Å². The first-order valence-electron chi connectivity index (χ1n) is 9.92. The minimum absolute atomic E-state index is 0.478. The summed E-state index contributed by atoms with van der Waals surface area (Å²) in [5, 5.41) is 7.79. The molecular weight excluding hydrogens is 346 g/mol. The molecular formula is C18H29N7O2. The van der Waals surface area contributed by atoms with Gasteiger partial charge in [0, 0.05) is 46.9 Å². The van der Waals surface area contributed by atoms with Crippen LogP contribution in [0.25, 0.3) is 11.3 Å². The lowest BCUT2D eigenvalue weighted by Gasteiger charge is -2.31. The maximum atomic E-state index is 5.21. The Bertz CT molecular complexity index is 746. The summed E-state index contributed by atoms with van der Waals surface area (Å²) < 4.78 is 10.1. The summed E-state index contributed by atoms with van der Waals surface area (Å²) in [6.07, 6.45) is 4.87. The summed E-state index contributed by atoms with van der Waals surface area (Å²) in [5.41, 5.74) is 0.963. The second-order valence-corrected chi connectivity index (χ2v) is 7.66. The number of likely N-dealkylation sites (tertiary alicyclic amines) is 1. The fourth-order valence-corrected chi connectivity index (χ4v) is 4.15. The molecule has 9 heteroatoms. The predicted octanol–water partition coefficient (Wildman–Crippen LogP) is 1.41. The Balaban J connectivity index is 1.51. The zero-order valence-electron chi connectivity index (χ0n) is 16.3. The Hall–Kier alpha value is -2.00. The van der Waals surface area contributed by atoms with Gasteiger partial charge in [-0.2, -0.15) is 0 Å². The second-order valence-electron chi connectivity index (χ2n) is 7.66. The summed E-state index contributed by atoms with van der Waals surface area (Å²) >= 11 is 0. The van der Waals surface area contributed by atoms with Gasteiger partial charge < -0.3 is 19.4 Å². The molecule has 0 aromatic carbocycles. The molecule has 4 heterocycles. The van der Waals surface area contributed by atoms with Crippen molar-refractivity contribution in [2.45, 2.75) is 25.7 Å². The van der Waals surface area contributed by atoms with E-state index < -0.39 is 0 Å².